The lowest BCUT2D eigenvalue weighted by molar-refractivity contribution is -0.300. The van der Waals surface area contributed by atoms with Gasteiger partial charge in [-0.25, -0.2) is 0 Å². The summed E-state index contributed by atoms with van der Waals surface area (Å²) in [5, 5.41) is 38.5. The topological polar surface area (TPSA) is 143 Å². The van der Waals surface area contributed by atoms with Crippen LogP contribution in [-0.4, -0.2) is 83.2 Å². The lowest BCUT2D eigenvalue weighted by Gasteiger charge is -2.39. The Labute approximate surface area is 163 Å². The van der Waals surface area contributed by atoms with Gasteiger partial charge in [-0.2, -0.15) is 0 Å². The summed E-state index contributed by atoms with van der Waals surface area (Å²) in [4.78, 5) is 23.5. The van der Waals surface area contributed by atoms with Crippen LogP contribution in [0.3, 0.4) is 0 Å². The lowest BCUT2D eigenvalue weighted by Crippen LogP contribution is -2.59. The predicted octanol–water partition coefficient (Wildman–Crippen LogP) is -0.702. The summed E-state index contributed by atoms with van der Waals surface area (Å²) in [6.07, 6.45) is -0.278. The Morgan fingerprint density at radius 1 is 1.21 bits per heavy atom. The number of hydrogen-bond acceptors (Lipinski definition) is 9. The minimum Gasteiger partial charge on any atom is -0.469 e. The molecule has 0 aromatic rings. The number of hydrogen-bond donors (Lipinski definition) is 4. The highest BCUT2D eigenvalue weighted by molar-refractivity contribution is 5.84. The summed E-state index contributed by atoms with van der Waals surface area (Å²) in [6.45, 7) is -0.323. The van der Waals surface area contributed by atoms with Gasteiger partial charge in [-0.15, -0.1) is 0 Å². The fourth-order valence-electron chi connectivity index (χ4n) is 3.66. The van der Waals surface area contributed by atoms with Crippen molar-refractivity contribution in [2.24, 2.45) is 11.8 Å². The first-order valence-electron chi connectivity index (χ1n) is 9.55. The van der Waals surface area contributed by atoms with Crippen LogP contribution in [0.2, 0.25) is 0 Å². The molecule has 0 bridgehead atoms. The molecule has 1 aliphatic carbocycles. The molecule has 0 radical (unpaired) electrons. The normalized spacial score (nSPS) is 36.2. The van der Waals surface area contributed by atoms with Crippen LogP contribution in [0.5, 0.6) is 0 Å². The van der Waals surface area contributed by atoms with Crippen molar-refractivity contribution < 1.29 is 44.2 Å². The molecular weight excluding hydrogens is 372 g/mol. The number of Topliss-reactive ketones (excluding diaryl/α,β-unsaturated/α-hetero) is 1. The number of allylic oxidation sites excluding steroid dienone is 1. The molecule has 1 saturated carbocycles. The fraction of sp³-hybridized carbons (Fsp3) is 0.789. The maximum absolute atomic E-state index is 12.0. The van der Waals surface area contributed by atoms with Gasteiger partial charge >= 0.3 is 5.97 Å². The molecular formula is C19H30O9. The van der Waals surface area contributed by atoms with Crippen LogP contribution in [0.25, 0.3) is 0 Å². The van der Waals surface area contributed by atoms with Crippen molar-refractivity contribution in [3.8, 4) is 0 Å². The van der Waals surface area contributed by atoms with Crippen LogP contribution in [0.4, 0.5) is 0 Å². The Hall–Kier alpha value is -1.36. The Balaban J connectivity index is 1.73. The molecule has 4 N–H and O–H groups in total. The summed E-state index contributed by atoms with van der Waals surface area (Å²) >= 11 is 0. The maximum Gasteiger partial charge on any atom is 0.305 e. The van der Waals surface area contributed by atoms with Crippen molar-refractivity contribution >= 4 is 11.8 Å². The van der Waals surface area contributed by atoms with Gasteiger partial charge in [0, 0.05) is 18.8 Å². The molecule has 1 saturated heterocycles. The maximum atomic E-state index is 12.0. The molecule has 2 aliphatic rings. The second-order valence-electron chi connectivity index (χ2n) is 7.22. The highest BCUT2D eigenvalue weighted by Gasteiger charge is 2.43. The van der Waals surface area contributed by atoms with Crippen molar-refractivity contribution in [1.29, 1.82) is 0 Å². The van der Waals surface area contributed by atoms with E-state index in [1.807, 2.05) is 12.2 Å². The average Bonchev–Trinajstić information content (AvgIpc) is 3.03. The van der Waals surface area contributed by atoms with Gasteiger partial charge in [0.05, 0.1) is 20.3 Å². The molecule has 0 amide bonds. The third-order valence-corrected chi connectivity index (χ3v) is 5.37. The van der Waals surface area contributed by atoms with E-state index in [0.29, 0.717) is 25.7 Å². The molecule has 2 rings (SSSR count). The molecule has 0 spiro atoms. The van der Waals surface area contributed by atoms with E-state index in [-0.39, 0.29) is 36.6 Å². The zero-order valence-electron chi connectivity index (χ0n) is 16.0. The molecule has 9 heteroatoms. The van der Waals surface area contributed by atoms with E-state index < -0.39 is 37.3 Å². The van der Waals surface area contributed by atoms with Gasteiger partial charge in [-0.1, -0.05) is 12.2 Å². The number of aliphatic hydroxyl groups excluding tert-OH is 4. The first-order valence-corrected chi connectivity index (χ1v) is 9.55. The van der Waals surface area contributed by atoms with Crippen molar-refractivity contribution in [2.45, 2.75) is 62.8 Å². The van der Waals surface area contributed by atoms with Gasteiger partial charge in [0.15, 0.2) is 6.29 Å². The quantitative estimate of drug-likeness (QED) is 0.224. The third kappa shape index (κ3) is 5.82. The number of ether oxygens (including phenoxy) is 3. The second kappa shape index (κ2) is 11.0. The molecule has 0 aromatic carbocycles. The zero-order chi connectivity index (χ0) is 20.7. The largest absolute Gasteiger partial charge is 0.469 e. The van der Waals surface area contributed by atoms with Gasteiger partial charge in [-0.05, 0) is 25.2 Å². The van der Waals surface area contributed by atoms with Gasteiger partial charge in [0.1, 0.15) is 30.2 Å². The van der Waals surface area contributed by atoms with E-state index in [1.54, 1.807) is 0 Å². The van der Waals surface area contributed by atoms with E-state index in [0.717, 1.165) is 0 Å². The molecule has 9 nitrogen and oxygen atoms in total. The number of rotatable bonds is 9. The minimum atomic E-state index is -1.47. The summed E-state index contributed by atoms with van der Waals surface area (Å²) < 4.78 is 15.3. The minimum absolute atomic E-state index is 0.00923. The average molecular weight is 402 g/mol. The number of esters is 1. The van der Waals surface area contributed by atoms with Gasteiger partial charge in [0.25, 0.3) is 0 Å². The predicted molar refractivity (Wildman–Crippen MR) is 95.9 cm³/mol. The van der Waals surface area contributed by atoms with E-state index >= 15 is 0 Å². The highest BCUT2D eigenvalue weighted by atomic mass is 16.7. The summed E-state index contributed by atoms with van der Waals surface area (Å²) in [5.74, 6) is -0.311. The van der Waals surface area contributed by atoms with Crippen molar-refractivity contribution in [1.82, 2.24) is 0 Å². The number of methoxy groups -OCH3 is 1. The molecule has 1 aliphatic heterocycles. The molecule has 0 aromatic heterocycles. The third-order valence-electron chi connectivity index (χ3n) is 5.37. The second-order valence-corrected chi connectivity index (χ2v) is 7.22. The van der Waals surface area contributed by atoms with E-state index in [2.05, 4.69) is 4.74 Å². The standard InChI is InChI=1S/C19H30O9/c1-26-15(22)9-11-6-7-13(21)12(11)5-3-2-4-8-27-19-18(25)17(24)16(23)14(10-20)28-19/h2-3,11-12,14,16-20,23-25H,4-10H2,1H3/b3-2-/t11-,12+,14-,16-,17+,18-,19-/m1/s1. The molecule has 2 fully saturated rings. The van der Waals surface area contributed by atoms with E-state index in [9.17, 15) is 24.9 Å². The van der Waals surface area contributed by atoms with Crippen LogP contribution in [-0.2, 0) is 23.8 Å². The smallest absolute Gasteiger partial charge is 0.305 e. The number of carbonyl (C=O) groups is 2. The lowest BCUT2D eigenvalue weighted by atomic mass is 9.89. The Kier molecular flexibility index (Phi) is 9.00. The molecule has 7 atom stereocenters. The van der Waals surface area contributed by atoms with Crippen LogP contribution in [0, 0.1) is 11.8 Å². The van der Waals surface area contributed by atoms with Crippen LogP contribution in [0.15, 0.2) is 12.2 Å². The first-order chi connectivity index (χ1) is 13.4. The number of ketones is 1. The number of aliphatic hydroxyl groups is 4. The highest BCUT2D eigenvalue weighted by Crippen LogP contribution is 2.34. The van der Waals surface area contributed by atoms with Crippen LogP contribution >= 0.6 is 0 Å². The van der Waals surface area contributed by atoms with Crippen molar-refractivity contribution in [3.63, 3.8) is 0 Å². The Bertz CT molecular complexity index is 548. The van der Waals surface area contributed by atoms with Crippen LogP contribution < -0.4 is 0 Å². The molecule has 28 heavy (non-hydrogen) atoms. The summed E-state index contributed by atoms with van der Waals surface area (Å²) in [5.41, 5.74) is 0. The first kappa shape index (κ1) is 22.9. The summed E-state index contributed by atoms with van der Waals surface area (Å²) in [7, 11) is 1.34. The SMILES string of the molecule is COC(=O)C[C@H]1CCC(=O)[C@H]1C/C=C\CCO[C@@H]1O[C@H](CO)[C@@H](O)[C@H](O)[C@H]1O. The molecule has 0 unspecified atom stereocenters. The Morgan fingerprint density at radius 2 is 1.96 bits per heavy atom. The summed E-state index contributed by atoms with van der Waals surface area (Å²) in [6, 6.07) is 0. The van der Waals surface area contributed by atoms with Crippen molar-refractivity contribution in [2.75, 3.05) is 20.3 Å². The van der Waals surface area contributed by atoms with Crippen LogP contribution in [0.1, 0.15) is 32.1 Å². The zero-order valence-corrected chi connectivity index (χ0v) is 16.0. The van der Waals surface area contributed by atoms with Gasteiger partial charge in [0.2, 0.25) is 0 Å². The van der Waals surface area contributed by atoms with Gasteiger partial charge in [-0.3, -0.25) is 9.59 Å². The van der Waals surface area contributed by atoms with E-state index in [1.165, 1.54) is 7.11 Å². The van der Waals surface area contributed by atoms with Crippen molar-refractivity contribution in [3.05, 3.63) is 12.2 Å². The molecule has 1 heterocycles. The Morgan fingerprint density at radius 3 is 2.64 bits per heavy atom. The molecule has 160 valence electrons. The van der Waals surface area contributed by atoms with E-state index in [4.69, 9.17) is 14.6 Å². The van der Waals surface area contributed by atoms with Gasteiger partial charge < -0.3 is 34.6 Å². The monoisotopic (exact) mass is 402 g/mol. The number of carbonyl (C=O) groups excluding carboxylic acids is 2. The fourth-order valence-corrected chi connectivity index (χ4v) is 3.66.